The van der Waals surface area contributed by atoms with Crippen LogP contribution >= 0.6 is 0 Å². The van der Waals surface area contributed by atoms with Crippen molar-refractivity contribution >= 4 is 14.3 Å². The number of ether oxygens (including phenoxy) is 1. The molecule has 0 radical (unpaired) electrons. The van der Waals surface area contributed by atoms with Crippen LogP contribution in [0.4, 0.5) is 0 Å². The lowest BCUT2D eigenvalue weighted by Gasteiger charge is -2.37. The van der Waals surface area contributed by atoms with Gasteiger partial charge in [-0.2, -0.15) is 0 Å². The molecule has 0 aromatic carbocycles. The second-order valence-corrected chi connectivity index (χ2v) is 14.3. The second-order valence-electron chi connectivity index (χ2n) is 9.48. The Morgan fingerprint density at radius 2 is 1.64 bits per heavy atom. The molecule has 146 valence electrons. The van der Waals surface area contributed by atoms with Crippen molar-refractivity contribution in [2.45, 2.75) is 79.6 Å². The highest BCUT2D eigenvalue weighted by Gasteiger charge is 2.37. The summed E-state index contributed by atoms with van der Waals surface area (Å²) in [4.78, 5) is 11.7. The minimum atomic E-state index is -1.81. The number of aliphatic hydroxyl groups is 1. The van der Waals surface area contributed by atoms with E-state index in [4.69, 9.17) is 9.16 Å². The predicted octanol–water partition coefficient (Wildman–Crippen LogP) is 4.23. The third-order valence-corrected chi connectivity index (χ3v) is 9.33. The minimum absolute atomic E-state index is 0.00412. The van der Waals surface area contributed by atoms with E-state index >= 15 is 0 Å². The lowest BCUT2D eigenvalue weighted by Crippen LogP contribution is -2.43. The van der Waals surface area contributed by atoms with Crippen LogP contribution in [0.5, 0.6) is 0 Å². The highest BCUT2D eigenvalue weighted by Crippen LogP contribution is 2.37. The molecular formula is C20H38O4Si. The van der Waals surface area contributed by atoms with Gasteiger partial charge in [-0.05, 0) is 45.8 Å². The molecule has 0 amide bonds. The third kappa shape index (κ3) is 8.39. The molecule has 5 heteroatoms. The van der Waals surface area contributed by atoms with Crippen LogP contribution in [0.15, 0.2) is 0 Å². The number of hydrogen-bond donors (Lipinski definition) is 1. The molecule has 0 spiro atoms. The Morgan fingerprint density at radius 3 is 2.08 bits per heavy atom. The van der Waals surface area contributed by atoms with Crippen LogP contribution in [0.1, 0.15) is 55.4 Å². The minimum Gasteiger partial charge on any atom is -0.452 e. The normalized spacial score (nSPS) is 16.4. The zero-order valence-electron chi connectivity index (χ0n) is 17.8. The highest BCUT2D eigenvalue weighted by molar-refractivity contribution is 6.74. The average molecular weight is 371 g/mol. The van der Waals surface area contributed by atoms with E-state index in [-0.39, 0.29) is 29.5 Å². The molecular weight excluding hydrogens is 332 g/mol. The highest BCUT2D eigenvalue weighted by atomic mass is 28.4. The van der Waals surface area contributed by atoms with E-state index in [0.717, 1.165) is 0 Å². The molecule has 0 saturated heterocycles. The number of hydrogen-bond acceptors (Lipinski definition) is 4. The van der Waals surface area contributed by atoms with Gasteiger partial charge in [-0.25, -0.2) is 0 Å². The number of carbonyl (C=O) groups is 1. The third-order valence-electron chi connectivity index (χ3n) is 4.83. The molecule has 0 aromatic rings. The summed E-state index contributed by atoms with van der Waals surface area (Å²) < 4.78 is 11.3. The Balaban J connectivity index is 4.49. The Kier molecular flexibility index (Phi) is 8.90. The van der Waals surface area contributed by atoms with Gasteiger partial charge in [-0.3, -0.25) is 4.79 Å². The van der Waals surface area contributed by atoms with Gasteiger partial charge in [-0.15, -0.1) is 0 Å². The molecule has 0 aliphatic carbocycles. The van der Waals surface area contributed by atoms with Crippen molar-refractivity contribution in [3.8, 4) is 11.8 Å². The van der Waals surface area contributed by atoms with Crippen molar-refractivity contribution in [1.82, 2.24) is 0 Å². The van der Waals surface area contributed by atoms with Crippen LogP contribution in [-0.4, -0.2) is 38.7 Å². The molecule has 0 rings (SSSR count). The van der Waals surface area contributed by atoms with Crippen LogP contribution in [0.3, 0.4) is 0 Å². The van der Waals surface area contributed by atoms with E-state index in [0.29, 0.717) is 6.61 Å². The lowest BCUT2D eigenvalue weighted by molar-refractivity contribution is -0.151. The van der Waals surface area contributed by atoms with Gasteiger partial charge in [0.05, 0.1) is 11.5 Å². The molecule has 0 aliphatic heterocycles. The summed E-state index contributed by atoms with van der Waals surface area (Å²) in [5.74, 6) is 5.33. The zero-order valence-corrected chi connectivity index (χ0v) is 18.8. The zero-order chi connectivity index (χ0) is 20.1. The molecule has 0 unspecified atom stereocenters. The molecule has 0 bridgehead atoms. The van der Waals surface area contributed by atoms with Gasteiger partial charge in [0.15, 0.2) is 14.9 Å². The Hall–Kier alpha value is -0.833. The number of rotatable bonds is 6. The van der Waals surface area contributed by atoms with Crippen molar-refractivity contribution in [1.29, 1.82) is 0 Å². The largest absolute Gasteiger partial charge is 0.452 e. The summed E-state index contributed by atoms with van der Waals surface area (Å²) in [6.07, 6.45) is -0.574. The smallest absolute Gasteiger partial charge is 0.312 e. The first kappa shape index (κ1) is 24.2. The van der Waals surface area contributed by atoms with Crippen molar-refractivity contribution in [3.05, 3.63) is 0 Å². The van der Waals surface area contributed by atoms with Crippen LogP contribution in [-0.2, 0) is 14.0 Å². The van der Waals surface area contributed by atoms with Gasteiger partial charge in [0.1, 0.15) is 0 Å². The quantitative estimate of drug-likeness (QED) is 0.432. The Morgan fingerprint density at radius 1 is 1.12 bits per heavy atom. The summed E-state index contributed by atoms with van der Waals surface area (Å²) in [6.45, 7) is 20.9. The van der Waals surface area contributed by atoms with Crippen molar-refractivity contribution in [2.75, 3.05) is 13.2 Å². The first-order valence-electron chi connectivity index (χ1n) is 9.07. The van der Waals surface area contributed by atoms with Crippen LogP contribution in [0, 0.1) is 29.1 Å². The van der Waals surface area contributed by atoms with Gasteiger partial charge in [0.25, 0.3) is 0 Å². The fraction of sp³-hybridized carbons (Fsp3) is 0.850. The van der Waals surface area contributed by atoms with Crippen LogP contribution in [0.25, 0.3) is 0 Å². The van der Waals surface area contributed by atoms with Gasteiger partial charge in [0, 0.05) is 18.4 Å². The van der Waals surface area contributed by atoms with E-state index in [9.17, 15) is 9.90 Å². The fourth-order valence-corrected chi connectivity index (χ4v) is 2.87. The number of carbonyl (C=O) groups excluding carboxylic acids is 1. The first-order chi connectivity index (χ1) is 11.1. The first-order valence-corrected chi connectivity index (χ1v) is 12.0. The maximum atomic E-state index is 11.7. The summed E-state index contributed by atoms with van der Waals surface area (Å²) in [5, 5.41) is 10.6. The molecule has 0 saturated carbocycles. The standard InChI is InChI=1S/C20H38O4Si/c1-15(12-11-13-23-18(22)19(3,4)5)17(21)16(2)14-24-25(9,10)20(6,7)8/h15-17,21H,13-14H2,1-10H3/t15-,16+,17+/m0/s1. The van der Waals surface area contributed by atoms with E-state index in [1.807, 2.05) is 13.8 Å². The van der Waals surface area contributed by atoms with Crippen molar-refractivity contribution in [2.24, 2.45) is 17.3 Å². The summed E-state index contributed by atoms with van der Waals surface area (Å²) in [6, 6.07) is 0. The summed E-state index contributed by atoms with van der Waals surface area (Å²) in [5.41, 5.74) is -0.525. The SMILES string of the molecule is C[C@H](CO[Si](C)(C)C(C)(C)C)[C@H](O)[C@@H](C)C#CCOC(=O)C(C)(C)C. The van der Waals surface area contributed by atoms with Gasteiger partial charge >= 0.3 is 5.97 Å². The topological polar surface area (TPSA) is 55.8 Å². The van der Waals surface area contributed by atoms with Gasteiger partial charge < -0.3 is 14.3 Å². The van der Waals surface area contributed by atoms with Gasteiger partial charge in [0.2, 0.25) is 0 Å². The molecule has 1 N–H and O–H groups in total. The maximum absolute atomic E-state index is 11.7. The van der Waals surface area contributed by atoms with Crippen molar-refractivity contribution in [3.63, 3.8) is 0 Å². The lowest BCUT2D eigenvalue weighted by atomic mass is 9.94. The van der Waals surface area contributed by atoms with E-state index in [1.54, 1.807) is 20.8 Å². The molecule has 0 fully saturated rings. The van der Waals surface area contributed by atoms with Crippen LogP contribution < -0.4 is 0 Å². The Bertz CT molecular complexity index is 489. The Labute approximate surface area is 155 Å². The predicted molar refractivity (Wildman–Crippen MR) is 106 cm³/mol. The molecule has 0 aromatic heterocycles. The molecule has 0 heterocycles. The van der Waals surface area contributed by atoms with Crippen molar-refractivity contribution < 1.29 is 19.1 Å². The molecule has 25 heavy (non-hydrogen) atoms. The molecule has 0 aliphatic rings. The summed E-state index contributed by atoms with van der Waals surface area (Å²) >= 11 is 0. The van der Waals surface area contributed by atoms with E-state index in [1.165, 1.54) is 0 Å². The van der Waals surface area contributed by atoms with Gasteiger partial charge in [-0.1, -0.05) is 39.5 Å². The second kappa shape index (κ2) is 9.20. The molecule has 4 nitrogen and oxygen atoms in total. The monoisotopic (exact) mass is 370 g/mol. The van der Waals surface area contributed by atoms with Crippen LogP contribution in [0.2, 0.25) is 18.1 Å². The average Bonchev–Trinajstić information content (AvgIpc) is 2.45. The van der Waals surface area contributed by atoms with E-state index < -0.39 is 19.8 Å². The maximum Gasteiger partial charge on any atom is 0.312 e. The number of esters is 1. The fourth-order valence-electron chi connectivity index (χ4n) is 1.75. The number of aliphatic hydroxyl groups excluding tert-OH is 1. The summed E-state index contributed by atoms with van der Waals surface area (Å²) in [7, 11) is -1.81. The van der Waals surface area contributed by atoms with E-state index in [2.05, 4.69) is 45.7 Å². The molecule has 3 atom stereocenters.